The molecule has 2 aromatic carbocycles. The van der Waals surface area contributed by atoms with Gasteiger partial charge in [-0.15, -0.1) is 0 Å². The summed E-state index contributed by atoms with van der Waals surface area (Å²) in [4.78, 5) is 0. The Morgan fingerprint density at radius 1 is 0.750 bits per heavy atom. The van der Waals surface area contributed by atoms with Crippen LogP contribution in [0, 0.1) is 10.8 Å². The molecular formula is C34H52Br2O2Si2. The highest BCUT2D eigenvalue weighted by molar-refractivity contribution is 9.28. The summed E-state index contributed by atoms with van der Waals surface area (Å²) in [5.41, 5.74) is 7.95. The molecule has 0 bridgehead atoms. The van der Waals surface area contributed by atoms with Crippen LogP contribution >= 0.6 is 31.9 Å². The lowest BCUT2D eigenvalue weighted by Crippen LogP contribution is -2.31. The molecule has 2 unspecified atom stereocenters. The van der Waals surface area contributed by atoms with Gasteiger partial charge < -0.3 is 8.85 Å². The monoisotopic (exact) mass is 706 g/mol. The van der Waals surface area contributed by atoms with E-state index in [1.807, 2.05) is 0 Å². The number of rotatable bonds is 12. The Hall–Kier alpha value is -0.766. The van der Waals surface area contributed by atoms with Crippen molar-refractivity contribution in [2.24, 2.45) is 10.8 Å². The third kappa shape index (κ3) is 11.1. The van der Waals surface area contributed by atoms with E-state index in [4.69, 9.17) is 8.85 Å². The van der Waals surface area contributed by atoms with Crippen LogP contribution in [-0.4, -0.2) is 18.1 Å². The summed E-state index contributed by atoms with van der Waals surface area (Å²) in [5.74, 6) is 0. The van der Waals surface area contributed by atoms with Crippen LogP contribution in [0.4, 0.5) is 0 Å². The first-order valence-corrected chi connectivity index (χ1v) is 21.9. The first kappa shape index (κ1) is 35.4. The lowest BCUT2D eigenvalue weighted by molar-refractivity contribution is 0.0655. The van der Waals surface area contributed by atoms with Crippen molar-refractivity contribution in [1.82, 2.24) is 0 Å². The summed E-state index contributed by atoms with van der Waals surface area (Å²) in [6.45, 7) is 25.1. The van der Waals surface area contributed by atoms with Crippen molar-refractivity contribution in [3.05, 3.63) is 85.8 Å². The second-order valence-electron chi connectivity index (χ2n) is 13.5. The lowest BCUT2D eigenvalue weighted by atomic mass is 9.77. The molecule has 0 fully saturated rings. The van der Waals surface area contributed by atoms with Crippen molar-refractivity contribution >= 4 is 55.5 Å². The van der Waals surface area contributed by atoms with Gasteiger partial charge in [-0.05, 0) is 128 Å². The molecule has 6 heteroatoms. The zero-order valence-electron chi connectivity index (χ0n) is 26.7. The van der Waals surface area contributed by atoms with Gasteiger partial charge >= 0.3 is 0 Å². The van der Waals surface area contributed by atoms with Crippen LogP contribution in [0.1, 0.15) is 94.9 Å². The first-order valence-electron chi connectivity index (χ1n) is 14.8. The number of hydrogen-bond acceptors (Lipinski definition) is 2. The van der Waals surface area contributed by atoms with Crippen molar-refractivity contribution < 1.29 is 8.85 Å². The number of benzene rings is 2. The Labute approximate surface area is 265 Å². The van der Waals surface area contributed by atoms with Gasteiger partial charge in [0.25, 0.3) is 0 Å². The smallest absolute Gasteiger partial charge is 0.171 e. The van der Waals surface area contributed by atoms with Gasteiger partial charge in [-0.3, -0.25) is 0 Å². The zero-order chi connectivity index (χ0) is 30.3. The maximum Gasteiger partial charge on any atom is 0.171 e. The summed E-state index contributed by atoms with van der Waals surface area (Å²) in [6, 6.07) is 16.1. The van der Waals surface area contributed by atoms with Crippen LogP contribution in [0.5, 0.6) is 0 Å². The minimum absolute atomic E-state index is 0.00420. The molecule has 0 radical (unpaired) electrons. The summed E-state index contributed by atoms with van der Waals surface area (Å²) >= 11 is 6.93. The van der Waals surface area contributed by atoms with E-state index >= 15 is 0 Å². The maximum atomic E-state index is 6.80. The van der Waals surface area contributed by atoms with Gasteiger partial charge in [0, 0.05) is 0 Å². The Morgan fingerprint density at radius 3 is 1.75 bits per heavy atom. The highest BCUT2D eigenvalue weighted by Gasteiger charge is 2.35. The molecule has 0 saturated carbocycles. The molecule has 2 rings (SSSR count). The molecule has 0 amide bonds. The number of allylic oxidation sites excluding steroid dienone is 3. The van der Waals surface area contributed by atoms with Gasteiger partial charge in [0.15, 0.2) is 18.1 Å². The van der Waals surface area contributed by atoms with E-state index in [-0.39, 0.29) is 23.0 Å². The highest BCUT2D eigenvalue weighted by Crippen LogP contribution is 2.45. The second kappa shape index (κ2) is 15.6. The fourth-order valence-corrected chi connectivity index (χ4v) is 7.54. The number of aryl methyl sites for hydroxylation is 2. The van der Waals surface area contributed by atoms with E-state index in [9.17, 15) is 0 Å². The van der Waals surface area contributed by atoms with E-state index in [0.717, 1.165) is 22.7 Å². The molecule has 2 atom stereocenters. The quantitative estimate of drug-likeness (QED) is 0.161. The van der Waals surface area contributed by atoms with Gasteiger partial charge in [-0.1, -0.05) is 97.0 Å². The predicted molar refractivity (Wildman–Crippen MR) is 189 cm³/mol. The first-order chi connectivity index (χ1) is 18.5. The molecule has 2 nitrogen and oxygen atoms in total. The third-order valence-electron chi connectivity index (χ3n) is 6.90. The molecular weight excluding hydrogens is 656 g/mol. The predicted octanol–water partition coefficient (Wildman–Crippen LogP) is 11.1. The standard InChI is InChI=1S/C34H52Br2O2Si2/c1-12-26(19-21-30(35)36)27-15-13-14-24(22-27)16-17-25-18-20-28(31(33(2,3)4)37-39(8)9)29(23-25)32(34(5,6)7)38-40(10)11/h13-15,18-23,31-32,39-40H,12,16-17H2,1-11H3. The van der Waals surface area contributed by atoms with Crippen LogP contribution in [0.2, 0.25) is 26.2 Å². The molecule has 0 aliphatic rings. The van der Waals surface area contributed by atoms with E-state index in [0.29, 0.717) is 0 Å². The maximum absolute atomic E-state index is 6.80. The molecule has 0 heterocycles. The molecule has 0 N–H and O–H groups in total. The topological polar surface area (TPSA) is 18.5 Å². The number of halogens is 2. The van der Waals surface area contributed by atoms with E-state index in [1.165, 1.54) is 33.4 Å². The van der Waals surface area contributed by atoms with E-state index < -0.39 is 18.1 Å². The largest absolute Gasteiger partial charge is 0.413 e. The fourth-order valence-electron chi connectivity index (χ4n) is 5.07. The Balaban J connectivity index is 2.52. The van der Waals surface area contributed by atoms with Crippen molar-refractivity contribution in [1.29, 1.82) is 0 Å². The number of hydrogen-bond donors (Lipinski definition) is 0. The Bertz CT molecular complexity index is 1150. The van der Waals surface area contributed by atoms with Gasteiger partial charge in [0.2, 0.25) is 0 Å². The van der Waals surface area contributed by atoms with Crippen molar-refractivity contribution in [3.8, 4) is 0 Å². The summed E-state index contributed by atoms with van der Waals surface area (Å²) in [6.07, 6.45) is 7.31. The SMILES string of the molecule is CCC(=CC=C(Br)Br)c1cccc(CCc2ccc(C(O[SiH](C)C)C(C)(C)C)c(C(O[SiH](C)C)C(C)(C)C)c2)c1. The minimum atomic E-state index is -1.28. The molecule has 222 valence electrons. The van der Waals surface area contributed by atoms with E-state index in [2.05, 4.69) is 161 Å². The summed E-state index contributed by atoms with van der Waals surface area (Å²) < 4.78 is 14.5. The normalized spacial score (nSPS) is 14.5. The molecule has 40 heavy (non-hydrogen) atoms. The Kier molecular flexibility index (Phi) is 13.8. The molecule has 2 aromatic rings. The van der Waals surface area contributed by atoms with Gasteiger partial charge in [0.05, 0.1) is 15.6 Å². The fraction of sp³-hybridized carbons (Fsp3) is 0.529. The van der Waals surface area contributed by atoms with E-state index in [1.54, 1.807) is 0 Å². The van der Waals surface area contributed by atoms with Crippen LogP contribution < -0.4 is 0 Å². The van der Waals surface area contributed by atoms with Crippen LogP contribution in [-0.2, 0) is 21.7 Å². The van der Waals surface area contributed by atoms with Crippen LogP contribution in [0.25, 0.3) is 5.57 Å². The van der Waals surface area contributed by atoms with Gasteiger partial charge in [-0.2, -0.15) is 0 Å². The minimum Gasteiger partial charge on any atom is -0.413 e. The lowest BCUT2D eigenvalue weighted by Gasteiger charge is -2.39. The second-order valence-corrected chi connectivity index (χ2v) is 21.0. The molecule has 0 spiro atoms. The van der Waals surface area contributed by atoms with Crippen LogP contribution in [0.3, 0.4) is 0 Å². The van der Waals surface area contributed by atoms with Crippen molar-refractivity contribution in [3.63, 3.8) is 0 Å². The third-order valence-corrected chi connectivity index (χ3v) is 9.06. The Morgan fingerprint density at radius 2 is 1.27 bits per heavy atom. The molecule has 0 aliphatic heterocycles. The summed E-state index contributed by atoms with van der Waals surface area (Å²) in [5, 5.41) is 0. The van der Waals surface area contributed by atoms with Crippen molar-refractivity contribution in [2.75, 3.05) is 0 Å². The molecule has 0 saturated heterocycles. The van der Waals surface area contributed by atoms with Crippen LogP contribution in [0.15, 0.2) is 58.0 Å². The van der Waals surface area contributed by atoms with Crippen molar-refractivity contribution in [2.45, 2.75) is 106 Å². The van der Waals surface area contributed by atoms with Gasteiger partial charge in [-0.25, -0.2) is 0 Å². The molecule has 0 aliphatic carbocycles. The summed E-state index contributed by atoms with van der Waals surface area (Å²) in [7, 11) is -2.54. The molecule has 0 aromatic heterocycles. The average Bonchev–Trinajstić information content (AvgIpc) is 2.83. The average molecular weight is 709 g/mol. The highest BCUT2D eigenvalue weighted by atomic mass is 79.9. The van der Waals surface area contributed by atoms with Gasteiger partial charge in [0.1, 0.15) is 0 Å². The zero-order valence-corrected chi connectivity index (χ0v) is 32.2.